The third-order valence-electron chi connectivity index (χ3n) is 6.15. The molecular formula is C27H44ClN5. The van der Waals surface area contributed by atoms with Crippen LogP contribution < -0.4 is 16.4 Å². The first-order valence-electron chi connectivity index (χ1n) is 13.0. The summed E-state index contributed by atoms with van der Waals surface area (Å²) in [5.41, 5.74) is 8.81. The number of aryl methyl sites for hydroxylation is 1. The van der Waals surface area contributed by atoms with Gasteiger partial charge in [-0.2, -0.15) is 0 Å². The summed E-state index contributed by atoms with van der Waals surface area (Å²) in [6.45, 7) is 5.15. The van der Waals surface area contributed by atoms with Gasteiger partial charge in [-0.05, 0) is 37.1 Å². The van der Waals surface area contributed by atoms with E-state index in [9.17, 15) is 0 Å². The zero-order valence-corrected chi connectivity index (χ0v) is 21.5. The van der Waals surface area contributed by atoms with Gasteiger partial charge in [-0.25, -0.2) is 9.97 Å². The monoisotopic (exact) mass is 473 g/mol. The first kappa shape index (κ1) is 27.2. The number of nitrogens with one attached hydrogen (secondary N) is 2. The quantitative estimate of drug-likeness (QED) is 0.189. The summed E-state index contributed by atoms with van der Waals surface area (Å²) in [6.07, 6.45) is 20.6. The molecule has 0 aliphatic heterocycles. The molecule has 0 spiro atoms. The van der Waals surface area contributed by atoms with Crippen LogP contribution in [0.15, 0.2) is 24.5 Å². The first-order chi connectivity index (χ1) is 16.1. The summed E-state index contributed by atoms with van der Waals surface area (Å²) >= 11 is 6.04. The number of halogens is 1. The van der Waals surface area contributed by atoms with E-state index in [1.807, 2.05) is 25.1 Å². The van der Waals surface area contributed by atoms with Gasteiger partial charge in [0.15, 0.2) is 11.6 Å². The van der Waals surface area contributed by atoms with Gasteiger partial charge in [-0.15, -0.1) is 0 Å². The fourth-order valence-electron chi connectivity index (χ4n) is 4.06. The van der Waals surface area contributed by atoms with E-state index < -0.39 is 0 Å². The van der Waals surface area contributed by atoms with Gasteiger partial charge in [-0.1, -0.05) is 102 Å². The molecular weight excluding hydrogens is 430 g/mol. The molecule has 1 aromatic heterocycles. The molecule has 5 nitrogen and oxygen atoms in total. The number of rotatable bonds is 18. The Morgan fingerprint density at radius 3 is 1.91 bits per heavy atom. The SMILES string of the molecule is CCCCCCCCCCCCCCCCNc1ncnc(Nc2ccc(Cl)cc2C)c1N. The van der Waals surface area contributed by atoms with Crippen LogP contribution in [0.3, 0.4) is 0 Å². The van der Waals surface area contributed by atoms with Crippen molar-refractivity contribution < 1.29 is 0 Å². The Labute approximate surface area is 206 Å². The van der Waals surface area contributed by atoms with E-state index in [4.69, 9.17) is 17.3 Å². The maximum Gasteiger partial charge on any atom is 0.159 e. The number of nitrogens with two attached hydrogens (primary N) is 1. The topological polar surface area (TPSA) is 75.9 Å². The lowest BCUT2D eigenvalue weighted by atomic mass is 10.0. The molecule has 0 atom stereocenters. The normalized spacial score (nSPS) is 11.0. The number of unbranched alkanes of at least 4 members (excludes halogenated alkanes) is 13. The van der Waals surface area contributed by atoms with Crippen molar-refractivity contribution in [1.82, 2.24) is 9.97 Å². The molecule has 33 heavy (non-hydrogen) atoms. The molecule has 1 heterocycles. The zero-order chi connectivity index (χ0) is 23.7. The molecule has 1 aromatic carbocycles. The number of hydrogen-bond donors (Lipinski definition) is 3. The second-order valence-electron chi connectivity index (χ2n) is 9.09. The number of aromatic nitrogens is 2. The average molecular weight is 474 g/mol. The van der Waals surface area contributed by atoms with Gasteiger partial charge in [0.2, 0.25) is 0 Å². The molecule has 0 aliphatic carbocycles. The fourth-order valence-corrected chi connectivity index (χ4v) is 4.28. The number of anilines is 4. The molecule has 0 amide bonds. The molecule has 2 rings (SSSR count). The van der Waals surface area contributed by atoms with Gasteiger partial charge >= 0.3 is 0 Å². The maximum atomic E-state index is 6.30. The molecule has 0 unspecified atom stereocenters. The van der Waals surface area contributed by atoms with Crippen LogP contribution in [0.4, 0.5) is 23.0 Å². The molecule has 4 N–H and O–H groups in total. The van der Waals surface area contributed by atoms with Gasteiger partial charge in [-0.3, -0.25) is 0 Å². The maximum absolute atomic E-state index is 6.30. The average Bonchev–Trinajstić information content (AvgIpc) is 2.80. The van der Waals surface area contributed by atoms with Gasteiger partial charge < -0.3 is 16.4 Å². The summed E-state index contributed by atoms with van der Waals surface area (Å²) in [6, 6.07) is 5.69. The largest absolute Gasteiger partial charge is 0.393 e. The van der Waals surface area contributed by atoms with E-state index >= 15 is 0 Å². The molecule has 0 aliphatic rings. The van der Waals surface area contributed by atoms with Crippen molar-refractivity contribution >= 4 is 34.6 Å². The van der Waals surface area contributed by atoms with Crippen molar-refractivity contribution in [3.63, 3.8) is 0 Å². The van der Waals surface area contributed by atoms with E-state index in [-0.39, 0.29) is 0 Å². The summed E-state index contributed by atoms with van der Waals surface area (Å²) in [5, 5.41) is 7.37. The highest BCUT2D eigenvalue weighted by molar-refractivity contribution is 6.30. The molecule has 0 saturated carbocycles. The number of nitrogens with zero attached hydrogens (tertiary/aromatic N) is 2. The number of nitrogen functional groups attached to an aromatic ring is 1. The second kappa shape index (κ2) is 16.6. The molecule has 0 fully saturated rings. The summed E-state index contributed by atoms with van der Waals surface area (Å²) < 4.78 is 0. The van der Waals surface area contributed by atoms with Gasteiger partial charge in [0, 0.05) is 17.3 Å². The second-order valence-corrected chi connectivity index (χ2v) is 9.53. The van der Waals surface area contributed by atoms with Crippen LogP contribution >= 0.6 is 11.6 Å². The number of hydrogen-bond acceptors (Lipinski definition) is 5. The Balaban J connectivity index is 1.54. The van der Waals surface area contributed by atoms with Crippen LogP contribution in [0.1, 0.15) is 102 Å². The fraction of sp³-hybridized carbons (Fsp3) is 0.630. The molecule has 0 radical (unpaired) electrons. The first-order valence-corrected chi connectivity index (χ1v) is 13.4. The molecule has 6 heteroatoms. The van der Waals surface area contributed by atoms with E-state index in [0.29, 0.717) is 22.3 Å². The van der Waals surface area contributed by atoms with Crippen LogP contribution in [0.25, 0.3) is 0 Å². The predicted molar refractivity (Wildman–Crippen MR) is 145 cm³/mol. The van der Waals surface area contributed by atoms with Crippen LogP contribution in [0.5, 0.6) is 0 Å². The Morgan fingerprint density at radius 2 is 1.33 bits per heavy atom. The highest BCUT2D eigenvalue weighted by Crippen LogP contribution is 2.28. The van der Waals surface area contributed by atoms with E-state index in [1.165, 1.54) is 89.8 Å². The van der Waals surface area contributed by atoms with Crippen molar-refractivity contribution in [2.24, 2.45) is 0 Å². The van der Waals surface area contributed by atoms with Crippen molar-refractivity contribution in [1.29, 1.82) is 0 Å². The van der Waals surface area contributed by atoms with Crippen LogP contribution in [-0.2, 0) is 0 Å². The Morgan fingerprint density at radius 1 is 0.788 bits per heavy atom. The Kier molecular flexibility index (Phi) is 13.7. The van der Waals surface area contributed by atoms with Gasteiger partial charge in [0.25, 0.3) is 0 Å². The number of benzene rings is 1. The van der Waals surface area contributed by atoms with Crippen molar-refractivity contribution in [3.8, 4) is 0 Å². The molecule has 2 aromatic rings. The van der Waals surface area contributed by atoms with Crippen LogP contribution in [-0.4, -0.2) is 16.5 Å². The third kappa shape index (κ3) is 11.1. The lowest BCUT2D eigenvalue weighted by Gasteiger charge is -2.14. The van der Waals surface area contributed by atoms with Gasteiger partial charge in [0.1, 0.15) is 12.0 Å². The molecule has 0 bridgehead atoms. The minimum absolute atomic E-state index is 0.539. The summed E-state index contributed by atoms with van der Waals surface area (Å²) in [7, 11) is 0. The van der Waals surface area contributed by atoms with Crippen LogP contribution in [0.2, 0.25) is 5.02 Å². The van der Waals surface area contributed by atoms with Gasteiger partial charge in [0.05, 0.1) is 0 Å². The zero-order valence-electron chi connectivity index (χ0n) is 20.8. The van der Waals surface area contributed by atoms with Crippen molar-refractivity contribution in [2.45, 2.75) is 104 Å². The highest BCUT2D eigenvalue weighted by Gasteiger charge is 2.09. The third-order valence-corrected chi connectivity index (χ3v) is 6.38. The van der Waals surface area contributed by atoms with Crippen molar-refractivity contribution in [2.75, 3.05) is 22.9 Å². The molecule has 0 saturated heterocycles. The molecule has 184 valence electrons. The highest BCUT2D eigenvalue weighted by atomic mass is 35.5. The lowest BCUT2D eigenvalue weighted by molar-refractivity contribution is 0.537. The minimum Gasteiger partial charge on any atom is -0.393 e. The summed E-state index contributed by atoms with van der Waals surface area (Å²) in [4.78, 5) is 8.61. The van der Waals surface area contributed by atoms with E-state index in [1.54, 1.807) is 0 Å². The summed E-state index contributed by atoms with van der Waals surface area (Å²) in [5.74, 6) is 1.30. The van der Waals surface area contributed by atoms with E-state index in [2.05, 4.69) is 27.5 Å². The van der Waals surface area contributed by atoms with Crippen molar-refractivity contribution in [3.05, 3.63) is 35.1 Å². The Hall–Kier alpha value is -2.01. The predicted octanol–water partition coefficient (Wildman–Crippen LogP) is 8.66. The smallest absolute Gasteiger partial charge is 0.159 e. The Bertz CT molecular complexity index is 796. The lowest BCUT2D eigenvalue weighted by Crippen LogP contribution is -2.09. The van der Waals surface area contributed by atoms with Crippen LogP contribution in [0, 0.1) is 6.92 Å². The minimum atomic E-state index is 0.539. The standard InChI is InChI=1S/C27H44ClN5/c1-3-4-5-6-7-8-9-10-11-12-13-14-15-16-19-30-26-25(29)27(32-21-31-26)33-24-18-17-23(28)20-22(24)2/h17-18,20-21H,3-16,19,29H2,1-2H3,(H2,30,31,32,33). The van der Waals surface area contributed by atoms with E-state index in [0.717, 1.165) is 24.2 Å².